The first-order valence-electron chi connectivity index (χ1n) is 7.80. The van der Waals surface area contributed by atoms with E-state index in [1.807, 2.05) is 0 Å². The quantitative estimate of drug-likeness (QED) is 0.600. The van der Waals surface area contributed by atoms with Crippen LogP contribution in [0.1, 0.15) is 39.1 Å². The molecule has 116 valence electrons. The van der Waals surface area contributed by atoms with Gasteiger partial charge in [-0.1, -0.05) is 52.7 Å². The molecule has 0 aromatic heterocycles. The molecule has 2 nitrogen and oxygen atoms in total. The first kappa shape index (κ1) is 21.6. The molecule has 0 amide bonds. The van der Waals surface area contributed by atoms with Gasteiger partial charge in [-0.05, 0) is 50.8 Å². The van der Waals surface area contributed by atoms with Crippen molar-refractivity contribution in [2.45, 2.75) is 38.5 Å². The third kappa shape index (κ3) is 11.8. The van der Waals surface area contributed by atoms with Crippen LogP contribution in [0, 0.1) is 0 Å². The van der Waals surface area contributed by atoms with Crippen molar-refractivity contribution in [2.75, 3.05) is 31.6 Å². The molecule has 2 rings (SSSR count). The summed E-state index contributed by atoms with van der Waals surface area (Å²) >= 11 is 3.41. The van der Waals surface area contributed by atoms with Crippen molar-refractivity contribution in [3.05, 3.63) is 35.9 Å². The molecule has 1 aromatic rings. The predicted octanol–water partition coefficient (Wildman–Crippen LogP) is 0.985. The SMILES string of the molecule is BrCCCc1ccccc1.OCCCN1CCCCC1.[H-].[Na+]. The van der Waals surface area contributed by atoms with Crippen molar-refractivity contribution < 1.29 is 36.1 Å². The molecule has 0 spiro atoms. The van der Waals surface area contributed by atoms with Crippen molar-refractivity contribution >= 4 is 15.9 Å². The molecule has 0 aliphatic carbocycles. The van der Waals surface area contributed by atoms with Gasteiger partial charge < -0.3 is 11.4 Å². The minimum Gasteiger partial charge on any atom is -1.00 e. The van der Waals surface area contributed by atoms with Gasteiger partial charge in [-0.3, -0.25) is 0 Å². The van der Waals surface area contributed by atoms with E-state index in [0.717, 1.165) is 18.3 Å². The molecular formula is C17H29BrNNaO. The molecule has 1 heterocycles. The number of aryl methyl sites for hydroxylation is 1. The molecule has 1 aliphatic heterocycles. The molecule has 1 aliphatic rings. The maximum atomic E-state index is 8.57. The van der Waals surface area contributed by atoms with Gasteiger partial charge in [-0.25, -0.2) is 0 Å². The number of likely N-dealkylation sites (tertiary alicyclic amines) is 1. The maximum absolute atomic E-state index is 8.57. The predicted molar refractivity (Wildman–Crippen MR) is 91.7 cm³/mol. The topological polar surface area (TPSA) is 23.5 Å². The number of rotatable bonds is 6. The monoisotopic (exact) mass is 365 g/mol. The van der Waals surface area contributed by atoms with Crippen LogP contribution in [0.2, 0.25) is 0 Å². The summed E-state index contributed by atoms with van der Waals surface area (Å²) in [6, 6.07) is 10.6. The van der Waals surface area contributed by atoms with Crippen molar-refractivity contribution in [3.63, 3.8) is 0 Å². The zero-order chi connectivity index (χ0) is 14.5. The first-order chi connectivity index (χ1) is 9.86. The van der Waals surface area contributed by atoms with Gasteiger partial charge in [0.05, 0.1) is 0 Å². The van der Waals surface area contributed by atoms with E-state index in [2.05, 4.69) is 51.2 Å². The van der Waals surface area contributed by atoms with Crippen molar-refractivity contribution in [1.82, 2.24) is 4.90 Å². The molecule has 1 N–H and O–H groups in total. The number of piperidine rings is 1. The second-order valence-electron chi connectivity index (χ2n) is 5.26. The fourth-order valence-corrected chi connectivity index (χ4v) is 2.67. The second-order valence-corrected chi connectivity index (χ2v) is 6.05. The molecule has 0 saturated carbocycles. The number of hydrogen-bond acceptors (Lipinski definition) is 2. The van der Waals surface area contributed by atoms with Gasteiger partial charge in [0.2, 0.25) is 0 Å². The van der Waals surface area contributed by atoms with Crippen LogP contribution in [0.5, 0.6) is 0 Å². The fraction of sp³-hybridized carbons (Fsp3) is 0.647. The van der Waals surface area contributed by atoms with Crippen molar-refractivity contribution in [1.29, 1.82) is 0 Å². The third-order valence-corrected chi connectivity index (χ3v) is 4.08. The molecule has 1 aromatic carbocycles. The molecule has 0 bridgehead atoms. The Morgan fingerprint density at radius 2 is 1.71 bits per heavy atom. The normalized spacial score (nSPS) is 14.8. The van der Waals surface area contributed by atoms with E-state index in [9.17, 15) is 0 Å². The van der Waals surface area contributed by atoms with Crippen LogP contribution in [-0.4, -0.2) is 41.6 Å². The summed E-state index contributed by atoms with van der Waals surface area (Å²) in [6.45, 7) is 3.94. The Morgan fingerprint density at radius 3 is 2.29 bits per heavy atom. The average Bonchev–Trinajstić information content (AvgIpc) is 2.53. The average molecular weight is 366 g/mol. The Bertz CT molecular complexity index is 324. The Labute approximate surface area is 162 Å². The third-order valence-electron chi connectivity index (χ3n) is 3.52. The minimum absolute atomic E-state index is 0. The summed E-state index contributed by atoms with van der Waals surface area (Å²) in [5.74, 6) is 0. The van der Waals surface area contributed by atoms with Gasteiger partial charge in [0.1, 0.15) is 0 Å². The Kier molecular flexibility index (Phi) is 16.0. The summed E-state index contributed by atoms with van der Waals surface area (Å²) in [4.78, 5) is 2.44. The molecule has 0 radical (unpaired) electrons. The van der Waals surface area contributed by atoms with Gasteiger partial charge >= 0.3 is 29.6 Å². The number of alkyl halides is 1. The Morgan fingerprint density at radius 1 is 1.05 bits per heavy atom. The van der Waals surface area contributed by atoms with Gasteiger partial charge in [-0.2, -0.15) is 0 Å². The second kappa shape index (κ2) is 15.5. The van der Waals surface area contributed by atoms with Crippen LogP contribution in [0.25, 0.3) is 0 Å². The van der Waals surface area contributed by atoms with Crippen molar-refractivity contribution in [2.24, 2.45) is 0 Å². The smallest absolute Gasteiger partial charge is 1.00 e. The van der Waals surface area contributed by atoms with E-state index in [0.29, 0.717) is 6.61 Å². The first-order valence-corrected chi connectivity index (χ1v) is 8.92. The van der Waals surface area contributed by atoms with E-state index < -0.39 is 0 Å². The van der Waals surface area contributed by atoms with Gasteiger partial charge in [0.15, 0.2) is 0 Å². The van der Waals surface area contributed by atoms with E-state index in [1.54, 1.807) is 0 Å². The van der Waals surface area contributed by atoms with Crippen molar-refractivity contribution in [3.8, 4) is 0 Å². The van der Waals surface area contributed by atoms with Crippen LogP contribution in [0.15, 0.2) is 30.3 Å². The molecule has 0 unspecified atom stereocenters. The van der Waals surface area contributed by atoms with E-state index in [1.165, 1.54) is 50.8 Å². The van der Waals surface area contributed by atoms with Gasteiger partial charge in [0, 0.05) is 18.5 Å². The van der Waals surface area contributed by atoms with Crippen LogP contribution in [0.4, 0.5) is 0 Å². The van der Waals surface area contributed by atoms with Gasteiger partial charge in [0.25, 0.3) is 0 Å². The molecule has 0 atom stereocenters. The molecule has 1 fully saturated rings. The Hall–Kier alpha value is 0.620. The van der Waals surface area contributed by atoms with Gasteiger partial charge in [-0.15, -0.1) is 0 Å². The summed E-state index contributed by atoms with van der Waals surface area (Å²) in [7, 11) is 0. The van der Waals surface area contributed by atoms with Crippen LogP contribution < -0.4 is 29.6 Å². The number of hydrogen-bond donors (Lipinski definition) is 1. The number of benzene rings is 1. The van der Waals surface area contributed by atoms with Crippen LogP contribution in [-0.2, 0) is 6.42 Å². The number of aliphatic hydroxyl groups excluding tert-OH is 1. The standard InChI is InChI=1S/C9H11Br.C8H17NO.Na.H/c2*10-8-4-7-9-5-2-1-3-6-9;;/h1-3,5-6H,4,7-8H2;10H,1-8H2;;/q;;+1;-1. The van der Waals surface area contributed by atoms with E-state index in [4.69, 9.17) is 5.11 Å². The minimum atomic E-state index is 0. The largest absolute Gasteiger partial charge is 1.00 e. The molecule has 21 heavy (non-hydrogen) atoms. The van der Waals surface area contributed by atoms with Crippen LogP contribution >= 0.6 is 15.9 Å². The molecule has 1 saturated heterocycles. The van der Waals surface area contributed by atoms with Crippen LogP contribution in [0.3, 0.4) is 0 Å². The zero-order valence-electron chi connectivity index (χ0n) is 14.4. The summed E-state index contributed by atoms with van der Waals surface area (Å²) < 4.78 is 0. The summed E-state index contributed by atoms with van der Waals surface area (Å²) in [6.07, 6.45) is 7.46. The fourth-order valence-electron chi connectivity index (χ4n) is 2.39. The maximum Gasteiger partial charge on any atom is 1.00 e. The summed E-state index contributed by atoms with van der Waals surface area (Å²) in [5, 5.41) is 9.67. The number of nitrogens with zero attached hydrogens (tertiary/aromatic N) is 1. The molecular weight excluding hydrogens is 337 g/mol. The number of aliphatic hydroxyl groups is 1. The molecule has 4 heteroatoms. The van der Waals surface area contributed by atoms with E-state index in [-0.39, 0.29) is 31.0 Å². The van der Waals surface area contributed by atoms with E-state index >= 15 is 0 Å². The summed E-state index contributed by atoms with van der Waals surface area (Å²) in [5.41, 5.74) is 1.43. The zero-order valence-corrected chi connectivity index (χ0v) is 17.0. The number of halogens is 1. The Balaban J connectivity index is 0.